The first-order valence-corrected chi connectivity index (χ1v) is 7.60. The van der Waals surface area contributed by atoms with Gasteiger partial charge in [-0.25, -0.2) is 0 Å². The second kappa shape index (κ2) is 6.12. The maximum atomic E-state index is 12.7. The van der Waals surface area contributed by atoms with Crippen molar-refractivity contribution in [2.45, 2.75) is 39.5 Å². The Kier molecular flexibility index (Phi) is 4.68. The van der Waals surface area contributed by atoms with Crippen LogP contribution < -0.4 is 0 Å². The van der Waals surface area contributed by atoms with Gasteiger partial charge in [0.2, 0.25) is 5.91 Å². The summed E-state index contributed by atoms with van der Waals surface area (Å²) in [4.78, 5) is 25.7. The van der Waals surface area contributed by atoms with Gasteiger partial charge in [-0.2, -0.15) is 0 Å². The third-order valence-corrected chi connectivity index (χ3v) is 4.91. The Morgan fingerprint density at radius 1 is 1.35 bits per heavy atom. The minimum absolute atomic E-state index is 0.0421. The third kappa shape index (κ3) is 2.82. The van der Waals surface area contributed by atoms with Gasteiger partial charge in [-0.1, -0.05) is 13.3 Å². The number of carbonyl (C=O) groups excluding carboxylic acids is 1. The van der Waals surface area contributed by atoms with E-state index in [1.54, 1.807) is 4.90 Å². The van der Waals surface area contributed by atoms with E-state index in [2.05, 4.69) is 0 Å². The molecule has 114 valence electrons. The van der Waals surface area contributed by atoms with Crippen molar-refractivity contribution in [3.8, 4) is 0 Å². The topological polar surface area (TPSA) is 66.8 Å². The maximum Gasteiger partial charge on any atom is 0.308 e. The van der Waals surface area contributed by atoms with Gasteiger partial charge in [0.15, 0.2) is 0 Å². The number of hydrogen-bond acceptors (Lipinski definition) is 3. The highest BCUT2D eigenvalue weighted by molar-refractivity contribution is 5.85. The average molecular weight is 283 g/mol. The van der Waals surface area contributed by atoms with Crippen molar-refractivity contribution in [3.05, 3.63) is 0 Å². The van der Waals surface area contributed by atoms with Crippen LogP contribution in [0.3, 0.4) is 0 Å². The minimum Gasteiger partial charge on any atom is -0.481 e. The summed E-state index contributed by atoms with van der Waals surface area (Å²) in [6.45, 7) is 6.10. The Morgan fingerprint density at radius 2 is 2.05 bits per heavy atom. The number of hydrogen-bond donors (Lipinski definition) is 1. The first kappa shape index (κ1) is 15.3. The molecule has 5 nitrogen and oxygen atoms in total. The van der Waals surface area contributed by atoms with E-state index in [1.165, 1.54) is 0 Å². The first-order chi connectivity index (χ1) is 9.50. The van der Waals surface area contributed by atoms with E-state index in [0.29, 0.717) is 26.3 Å². The predicted molar refractivity (Wildman–Crippen MR) is 74.3 cm³/mol. The van der Waals surface area contributed by atoms with Gasteiger partial charge in [-0.05, 0) is 32.1 Å². The summed E-state index contributed by atoms with van der Waals surface area (Å²) >= 11 is 0. The van der Waals surface area contributed by atoms with Crippen LogP contribution in [0.1, 0.15) is 39.5 Å². The quantitative estimate of drug-likeness (QED) is 0.754. The monoisotopic (exact) mass is 283 g/mol. The lowest BCUT2D eigenvalue weighted by molar-refractivity contribution is -0.149. The number of ether oxygens (including phenoxy) is 1. The summed E-state index contributed by atoms with van der Waals surface area (Å²) in [7, 11) is 0. The standard InChI is InChI=1S/C15H25NO4/c1-3-20-8-7-15(5-4-6-15)14(19)16-9-11(2)12(10-16)13(17)18/h11-12H,3-10H2,1-2H3,(H,17,18)/t11-,12-/m1/s1. The van der Waals surface area contributed by atoms with E-state index in [0.717, 1.165) is 25.7 Å². The highest BCUT2D eigenvalue weighted by Gasteiger charge is 2.48. The molecule has 0 spiro atoms. The molecule has 2 atom stereocenters. The normalized spacial score (nSPS) is 28.2. The second-order valence-electron chi connectivity index (χ2n) is 6.21. The van der Waals surface area contributed by atoms with E-state index in [-0.39, 0.29) is 17.2 Å². The van der Waals surface area contributed by atoms with Crippen LogP contribution in [0.25, 0.3) is 0 Å². The van der Waals surface area contributed by atoms with Crippen molar-refractivity contribution in [2.75, 3.05) is 26.3 Å². The molecule has 0 aromatic rings. The molecule has 1 saturated carbocycles. The summed E-state index contributed by atoms with van der Waals surface area (Å²) in [6, 6.07) is 0. The molecule has 0 radical (unpaired) electrons. The van der Waals surface area contributed by atoms with Crippen LogP contribution in [-0.4, -0.2) is 48.2 Å². The van der Waals surface area contributed by atoms with Crippen molar-refractivity contribution < 1.29 is 19.4 Å². The molecule has 2 aliphatic rings. The maximum absolute atomic E-state index is 12.7. The molecule has 0 aromatic heterocycles. The van der Waals surface area contributed by atoms with E-state index in [1.807, 2.05) is 13.8 Å². The molecule has 1 heterocycles. The molecule has 20 heavy (non-hydrogen) atoms. The van der Waals surface area contributed by atoms with Crippen LogP contribution in [0.15, 0.2) is 0 Å². The Hall–Kier alpha value is -1.10. The van der Waals surface area contributed by atoms with Gasteiger partial charge < -0.3 is 14.7 Å². The van der Waals surface area contributed by atoms with Crippen molar-refractivity contribution in [2.24, 2.45) is 17.3 Å². The van der Waals surface area contributed by atoms with Crippen LogP contribution in [0.5, 0.6) is 0 Å². The number of amides is 1. The molecule has 1 saturated heterocycles. The van der Waals surface area contributed by atoms with Gasteiger partial charge in [0.25, 0.3) is 0 Å². The van der Waals surface area contributed by atoms with Gasteiger partial charge in [0.05, 0.1) is 11.3 Å². The van der Waals surface area contributed by atoms with Gasteiger partial charge in [0, 0.05) is 26.3 Å². The smallest absolute Gasteiger partial charge is 0.308 e. The zero-order valence-corrected chi connectivity index (χ0v) is 12.4. The molecule has 2 fully saturated rings. The van der Waals surface area contributed by atoms with Crippen molar-refractivity contribution in [1.29, 1.82) is 0 Å². The zero-order valence-electron chi connectivity index (χ0n) is 12.4. The SMILES string of the molecule is CCOCCC1(C(=O)N2C[C@@H](C)[C@H](C(=O)O)C2)CCC1. The first-order valence-electron chi connectivity index (χ1n) is 7.60. The largest absolute Gasteiger partial charge is 0.481 e. The Labute approximate surface area is 120 Å². The fourth-order valence-electron chi connectivity index (χ4n) is 3.38. The molecule has 2 rings (SSSR count). The number of rotatable bonds is 6. The summed E-state index contributed by atoms with van der Waals surface area (Å²) in [6.07, 6.45) is 3.69. The molecule has 0 bridgehead atoms. The van der Waals surface area contributed by atoms with Gasteiger partial charge in [-0.15, -0.1) is 0 Å². The minimum atomic E-state index is -0.787. The van der Waals surface area contributed by atoms with Crippen LogP contribution in [0.2, 0.25) is 0 Å². The number of nitrogens with zero attached hydrogens (tertiary/aromatic N) is 1. The molecule has 1 aliphatic heterocycles. The second-order valence-corrected chi connectivity index (χ2v) is 6.21. The molecule has 1 aliphatic carbocycles. The summed E-state index contributed by atoms with van der Waals surface area (Å²) in [5.74, 6) is -1.01. The summed E-state index contributed by atoms with van der Waals surface area (Å²) in [5, 5.41) is 9.17. The number of carbonyl (C=O) groups is 2. The Morgan fingerprint density at radius 3 is 2.50 bits per heavy atom. The predicted octanol–water partition coefficient (Wildman–Crippen LogP) is 1.76. The molecular formula is C15H25NO4. The zero-order chi connectivity index (χ0) is 14.8. The van der Waals surface area contributed by atoms with E-state index >= 15 is 0 Å². The van der Waals surface area contributed by atoms with Crippen LogP contribution in [-0.2, 0) is 14.3 Å². The van der Waals surface area contributed by atoms with Gasteiger partial charge >= 0.3 is 5.97 Å². The molecule has 0 unspecified atom stereocenters. The lowest BCUT2D eigenvalue weighted by Crippen LogP contribution is -2.48. The Balaban J connectivity index is 1.97. The Bertz CT molecular complexity index is 378. The lowest BCUT2D eigenvalue weighted by atomic mass is 9.66. The fourth-order valence-corrected chi connectivity index (χ4v) is 3.38. The highest BCUT2D eigenvalue weighted by atomic mass is 16.5. The molecule has 5 heteroatoms. The third-order valence-electron chi connectivity index (χ3n) is 4.91. The van der Waals surface area contributed by atoms with Crippen LogP contribution in [0.4, 0.5) is 0 Å². The molecule has 0 aromatic carbocycles. The van der Waals surface area contributed by atoms with Crippen molar-refractivity contribution in [3.63, 3.8) is 0 Å². The average Bonchev–Trinajstić information content (AvgIpc) is 2.74. The number of carboxylic acids is 1. The molecular weight excluding hydrogens is 258 g/mol. The molecule has 1 amide bonds. The van der Waals surface area contributed by atoms with Crippen molar-refractivity contribution >= 4 is 11.9 Å². The highest BCUT2D eigenvalue weighted by Crippen LogP contribution is 2.46. The van der Waals surface area contributed by atoms with Gasteiger partial charge in [0.1, 0.15) is 0 Å². The summed E-state index contributed by atoms with van der Waals surface area (Å²) < 4.78 is 5.39. The van der Waals surface area contributed by atoms with E-state index < -0.39 is 11.9 Å². The number of carboxylic acid groups (broad SMARTS) is 1. The number of likely N-dealkylation sites (tertiary alicyclic amines) is 1. The number of aliphatic carboxylic acids is 1. The summed E-state index contributed by atoms with van der Waals surface area (Å²) in [5.41, 5.74) is -0.276. The van der Waals surface area contributed by atoms with Crippen LogP contribution >= 0.6 is 0 Å². The van der Waals surface area contributed by atoms with E-state index in [4.69, 9.17) is 4.74 Å². The van der Waals surface area contributed by atoms with E-state index in [9.17, 15) is 14.7 Å². The lowest BCUT2D eigenvalue weighted by Gasteiger charge is -2.42. The van der Waals surface area contributed by atoms with Crippen LogP contribution in [0, 0.1) is 17.3 Å². The molecule has 1 N–H and O–H groups in total. The van der Waals surface area contributed by atoms with Crippen molar-refractivity contribution in [1.82, 2.24) is 4.90 Å². The fraction of sp³-hybridized carbons (Fsp3) is 0.867. The van der Waals surface area contributed by atoms with Gasteiger partial charge in [-0.3, -0.25) is 9.59 Å².